The average molecular weight is 265 g/mol. The first-order valence-corrected chi connectivity index (χ1v) is 5.72. The van der Waals surface area contributed by atoms with Crippen LogP contribution in [0, 0.1) is 11.6 Å². The van der Waals surface area contributed by atoms with E-state index in [4.69, 9.17) is 4.74 Å². The van der Waals surface area contributed by atoms with E-state index in [-0.39, 0.29) is 12.2 Å². The molecule has 1 heterocycles. The third-order valence-corrected chi connectivity index (χ3v) is 2.74. The molecule has 0 aliphatic rings. The highest BCUT2D eigenvalue weighted by Gasteiger charge is 2.12. The van der Waals surface area contributed by atoms with E-state index in [0.717, 1.165) is 6.20 Å². The predicted molar refractivity (Wildman–Crippen MR) is 65.8 cm³/mol. The fraction of sp³-hybridized carbons (Fsp3) is 0.214. The second kappa shape index (κ2) is 5.75. The van der Waals surface area contributed by atoms with Crippen LogP contribution in [0.1, 0.15) is 17.4 Å². The third-order valence-electron chi connectivity index (χ3n) is 2.74. The van der Waals surface area contributed by atoms with Gasteiger partial charge < -0.3 is 9.84 Å². The van der Waals surface area contributed by atoms with Crippen LogP contribution in [0.3, 0.4) is 0 Å². The molecule has 0 spiro atoms. The van der Waals surface area contributed by atoms with E-state index in [1.807, 2.05) is 0 Å². The molecule has 0 amide bonds. The van der Waals surface area contributed by atoms with E-state index in [2.05, 4.69) is 4.98 Å². The van der Waals surface area contributed by atoms with Gasteiger partial charge in [0.2, 0.25) is 0 Å². The Kier molecular flexibility index (Phi) is 4.06. The number of ether oxygens (including phenoxy) is 1. The lowest BCUT2D eigenvalue weighted by molar-refractivity contribution is 0.173. The molecule has 19 heavy (non-hydrogen) atoms. The van der Waals surface area contributed by atoms with Crippen molar-refractivity contribution >= 4 is 0 Å². The fourth-order valence-electron chi connectivity index (χ4n) is 1.75. The van der Waals surface area contributed by atoms with E-state index in [9.17, 15) is 13.9 Å². The Morgan fingerprint density at radius 3 is 2.63 bits per heavy atom. The first-order valence-electron chi connectivity index (χ1n) is 5.72. The third kappa shape index (κ3) is 3.26. The van der Waals surface area contributed by atoms with E-state index in [1.54, 1.807) is 6.07 Å². The van der Waals surface area contributed by atoms with Gasteiger partial charge in [-0.15, -0.1) is 0 Å². The fourth-order valence-corrected chi connectivity index (χ4v) is 1.75. The van der Waals surface area contributed by atoms with Gasteiger partial charge in [-0.25, -0.2) is 8.78 Å². The zero-order chi connectivity index (χ0) is 13.8. The van der Waals surface area contributed by atoms with Crippen molar-refractivity contribution in [3.63, 3.8) is 0 Å². The summed E-state index contributed by atoms with van der Waals surface area (Å²) in [6, 6.07) is 7.08. The van der Waals surface area contributed by atoms with E-state index in [1.165, 1.54) is 31.4 Å². The number of hydrogen-bond donors (Lipinski definition) is 1. The highest BCUT2D eigenvalue weighted by atomic mass is 19.1. The number of methoxy groups -OCH3 is 1. The summed E-state index contributed by atoms with van der Waals surface area (Å²) in [5.74, 6) is -0.802. The molecule has 1 atom stereocenters. The number of aliphatic hydroxyl groups excluding tert-OH is 1. The van der Waals surface area contributed by atoms with Crippen LogP contribution < -0.4 is 4.74 Å². The Bertz CT molecular complexity index is 558. The van der Waals surface area contributed by atoms with Crippen LogP contribution in [0.5, 0.6) is 5.75 Å². The zero-order valence-electron chi connectivity index (χ0n) is 10.3. The van der Waals surface area contributed by atoms with Gasteiger partial charge in [0.1, 0.15) is 5.82 Å². The minimum absolute atomic E-state index is 0.151. The molecular weight excluding hydrogens is 252 g/mol. The monoisotopic (exact) mass is 265 g/mol. The van der Waals surface area contributed by atoms with Gasteiger partial charge in [0.05, 0.1) is 25.1 Å². The van der Waals surface area contributed by atoms with Crippen LogP contribution in [0.2, 0.25) is 0 Å². The summed E-state index contributed by atoms with van der Waals surface area (Å²) in [7, 11) is 1.38. The first kappa shape index (κ1) is 13.4. The summed E-state index contributed by atoms with van der Waals surface area (Å²) >= 11 is 0. The smallest absolute Gasteiger partial charge is 0.165 e. The van der Waals surface area contributed by atoms with Crippen molar-refractivity contribution in [3.05, 3.63) is 59.4 Å². The number of aromatic nitrogens is 1. The normalized spacial score (nSPS) is 12.2. The van der Waals surface area contributed by atoms with Gasteiger partial charge >= 0.3 is 0 Å². The quantitative estimate of drug-likeness (QED) is 0.924. The molecule has 100 valence electrons. The van der Waals surface area contributed by atoms with E-state index < -0.39 is 17.7 Å². The van der Waals surface area contributed by atoms with Gasteiger partial charge in [-0.1, -0.05) is 6.07 Å². The SMILES string of the molecule is COc1ccc(CC(O)c2ccc(F)cn2)cc1F. The lowest BCUT2D eigenvalue weighted by Crippen LogP contribution is -2.04. The number of rotatable bonds is 4. The minimum Gasteiger partial charge on any atom is -0.494 e. The van der Waals surface area contributed by atoms with Crippen molar-refractivity contribution in [2.24, 2.45) is 0 Å². The summed E-state index contributed by atoms with van der Waals surface area (Å²) < 4.78 is 31.0. The number of aliphatic hydroxyl groups is 1. The lowest BCUT2D eigenvalue weighted by atomic mass is 10.0. The van der Waals surface area contributed by atoms with Crippen molar-refractivity contribution in [1.29, 1.82) is 0 Å². The number of halogens is 2. The standard InChI is InChI=1S/C14H13F2NO2/c1-19-14-5-2-9(6-11(14)16)7-13(18)12-4-3-10(15)8-17-12/h2-6,8,13,18H,7H2,1H3. The molecule has 5 heteroatoms. The van der Waals surface area contributed by atoms with Crippen LogP contribution in [0.25, 0.3) is 0 Å². The molecule has 0 bridgehead atoms. The van der Waals surface area contributed by atoms with Gasteiger partial charge in [0.25, 0.3) is 0 Å². The summed E-state index contributed by atoms with van der Waals surface area (Å²) in [5.41, 5.74) is 0.953. The number of pyridine rings is 1. The maximum atomic E-state index is 13.5. The molecule has 0 aliphatic heterocycles. The Hall–Kier alpha value is -2.01. The Balaban J connectivity index is 2.12. The second-order valence-corrected chi connectivity index (χ2v) is 4.09. The molecule has 3 nitrogen and oxygen atoms in total. The Morgan fingerprint density at radius 2 is 2.05 bits per heavy atom. The van der Waals surface area contributed by atoms with Crippen LogP contribution in [0.4, 0.5) is 8.78 Å². The van der Waals surface area contributed by atoms with Crippen molar-refractivity contribution in [3.8, 4) is 5.75 Å². The van der Waals surface area contributed by atoms with Crippen LogP contribution >= 0.6 is 0 Å². The average Bonchev–Trinajstić information content (AvgIpc) is 2.39. The molecule has 0 saturated heterocycles. The number of nitrogens with zero attached hydrogens (tertiary/aromatic N) is 1. The molecular formula is C14H13F2NO2. The van der Waals surface area contributed by atoms with Gasteiger partial charge in [-0.2, -0.15) is 0 Å². The second-order valence-electron chi connectivity index (χ2n) is 4.09. The van der Waals surface area contributed by atoms with Crippen molar-refractivity contribution < 1.29 is 18.6 Å². The van der Waals surface area contributed by atoms with Gasteiger partial charge in [-0.05, 0) is 29.8 Å². The maximum absolute atomic E-state index is 13.5. The zero-order valence-corrected chi connectivity index (χ0v) is 10.3. The molecule has 1 aromatic heterocycles. The summed E-state index contributed by atoms with van der Waals surface area (Å²) in [6.45, 7) is 0. The molecule has 2 aromatic rings. The first-order chi connectivity index (χ1) is 9.10. The van der Waals surface area contributed by atoms with Gasteiger partial charge in [0.15, 0.2) is 11.6 Å². The Labute approximate surface area is 109 Å². The molecule has 1 aromatic carbocycles. The molecule has 0 aliphatic carbocycles. The topological polar surface area (TPSA) is 42.4 Å². The summed E-state index contributed by atoms with van der Waals surface area (Å²) in [4.78, 5) is 3.79. The van der Waals surface area contributed by atoms with E-state index >= 15 is 0 Å². The predicted octanol–water partition coefficient (Wildman–Crippen LogP) is 2.64. The van der Waals surface area contributed by atoms with Crippen molar-refractivity contribution in [2.75, 3.05) is 7.11 Å². The van der Waals surface area contributed by atoms with Crippen molar-refractivity contribution in [2.45, 2.75) is 12.5 Å². The molecule has 1 N–H and O–H groups in total. The van der Waals surface area contributed by atoms with Gasteiger partial charge in [0, 0.05) is 6.42 Å². The number of benzene rings is 1. The Morgan fingerprint density at radius 1 is 1.26 bits per heavy atom. The van der Waals surface area contributed by atoms with Gasteiger partial charge in [-0.3, -0.25) is 4.98 Å². The largest absolute Gasteiger partial charge is 0.494 e. The van der Waals surface area contributed by atoms with Crippen LogP contribution in [0.15, 0.2) is 36.5 Å². The van der Waals surface area contributed by atoms with Crippen molar-refractivity contribution in [1.82, 2.24) is 4.98 Å². The van der Waals surface area contributed by atoms with Crippen LogP contribution in [-0.2, 0) is 6.42 Å². The molecule has 1 unspecified atom stereocenters. The summed E-state index contributed by atoms with van der Waals surface area (Å²) in [6.07, 6.45) is 0.320. The highest BCUT2D eigenvalue weighted by molar-refractivity contribution is 5.30. The lowest BCUT2D eigenvalue weighted by Gasteiger charge is -2.11. The minimum atomic E-state index is -0.909. The number of hydrogen-bond acceptors (Lipinski definition) is 3. The molecule has 0 fully saturated rings. The highest BCUT2D eigenvalue weighted by Crippen LogP contribution is 2.22. The van der Waals surface area contributed by atoms with E-state index in [0.29, 0.717) is 11.3 Å². The molecule has 0 saturated carbocycles. The summed E-state index contributed by atoms with van der Waals surface area (Å²) in [5, 5.41) is 9.94. The van der Waals surface area contributed by atoms with Crippen LogP contribution in [-0.4, -0.2) is 17.2 Å². The molecule has 0 radical (unpaired) electrons. The molecule has 2 rings (SSSR count). The maximum Gasteiger partial charge on any atom is 0.165 e.